The van der Waals surface area contributed by atoms with E-state index in [0.717, 1.165) is 12.1 Å². The number of nitrogens with one attached hydrogen (secondary N) is 1. The molecular formula is C13H23N3O3S. The molecule has 1 rings (SSSR count). The SMILES string of the molecule is CCCOc1cc(N)cc(NCCS(=O)(=O)N(C)C)c1. The van der Waals surface area contributed by atoms with Crippen LogP contribution in [0.1, 0.15) is 13.3 Å². The minimum absolute atomic E-state index is 0.0277. The van der Waals surface area contributed by atoms with Crippen molar-refractivity contribution in [3.05, 3.63) is 18.2 Å². The average molecular weight is 301 g/mol. The standard InChI is InChI=1S/C13H23N3O3S/c1-4-6-19-13-9-11(14)8-12(10-13)15-5-7-20(17,18)16(2)3/h8-10,15H,4-7,14H2,1-3H3. The van der Waals surface area contributed by atoms with Gasteiger partial charge >= 0.3 is 0 Å². The Kier molecular flexibility index (Phi) is 6.09. The van der Waals surface area contributed by atoms with Gasteiger partial charge in [0.05, 0.1) is 12.4 Å². The number of nitrogens with zero attached hydrogens (tertiary/aromatic N) is 1. The summed E-state index contributed by atoms with van der Waals surface area (Å²) in [6.07, 6.45) is 0.915. The first-order valence-corrected chi connectivity index (χ1v) is 8.13. The number of nitrogen functional groups attached to an aromatic ring is 1. The van der Waals surface area contributed by atoms with Crippen molar-refractivity contribution in [1.29, 1.82) is 0 Å². The summed E-state index contributed by atoms with van der Waals surface area (Å²) >= 11 is 0. The Morgan fingerprint density at radius 3 is 2.60 bits per heavy atom. The van der Waals surface area contributed by atoms with E-state index in [1.165, 1.54) is 18.4 Å². The fourth-order valence-electron chi connectivity index (χ4n) is 1.53. The van der Waals surface area contributed by atoms with Gasteiger partial charge in [-0.15, -0.1) is 0 Å². The van der Waals surface area contributed by atoms with Crippen LogP contribution in [0.25, 0.3) is 0 Å². The number of anilines is 2. The molecular weight excluding hydrogens is 278 g/mol. The number of hydrogen-bond acceptors (Lipinski definition) is 5. The summed E-state index contributed by atoms with van der Waals surface area (Å²) in [6, 6.07) is 5.31. The second-order valence-corrected chi connectivity index (χ2v) is 6.97. The summed E-state index contributed by atoms with van der Waals surface area (Å²) < 4.78 is 30.0. The van der Waals surface area contributed by atoms with Gasteiger partial charge in [-0.1, -0.05) is 6.92 Å². The van der Waals surface area contributed by atoms with Crippen LogP contribution in [-0.2, 0) is 10.0 Å². The van der Waals surface area contributed by atoms with E-state index in [-0.39, 0.29) is 5.75 Å². The zero-order valence-electron chi connectivity index (χ0n) is 12.2. The lowest BCUT2D eigenvalue weighted by molar-refractivity contribution is 0.318. The third-order valence-electron chi connectivity index (χ3n) is 2.65. The summed E-state index contributed by atoms with van der Waals surface area (Å²) in [5.74, 6) is 0.713. The summed E-state index contributed by atoms with van der Waals surface area (Å²) in [5.41, 5.74) is 7.13. The molecule has 6 nitrogen and oxygen atoms in total. The van der Waals surface area contributed by atoms with Gasteiger partial charge in [0.2, 0.25) is 10.0 Å². The molecule has 0 unspecified atom stereocenters. The lowest BCUT2D eigenvalue weighted by atomic mass is 10.2. The monoisotopic (exact) mass is 301 g/mol. The van der Waals surface area contributed by atoms with E-state index in [9.17, 15) is 8.42 Å². The maximum Gasteiger partial charge on any atom is 0.215 e. The maximum absolute atomic E-state index is 11.6. The Balaban J connectivity index is 2.62. The molecule has 0 spiro atoms. The Morgan fingerprint density at radius 1 is 1.30 bits per heavy atom. The third kappa shape index (κ3) is 5.26. The summed E-state index contributed by atoms with van der Waals surface area (Å²) in [5, 5.41) is 3.05. The van der Waals surface area contributed by atoms with Gasteiger partial charge in [-0.25, -0.2) is 12.7 Å². The number of ether oxygens (including phenoxy) is 1. The lowest BCUT2D eigenvalue weighted by Crippen LogP contribution is -2.28. The van der Waals surface area contributed by atoms with Crippen molar-refractivity contribution < 1.29 is 13.2 Å². The molecule has 0 aliphatic rings. The van der Waals surface area contributed by atoms with E-state index in [1.54, 1.807) is 12.1 Å². The van der Waals surface area contributed by atoms with E-state index in [0.29, 0.717) is 24.6 Å². The Labute approximate surface area is 121 Å². The van der Waals surface area contributed by atoms with E-state index in [4.69, 9.17) is 10.5 Å². The number of hydrogen-bond donors (Lipinski definition) is 2. The Bertz CT molecular complexity index is 530. The summed E-state index contributed by atoms with van der Waals surface area (Å²) in [6.45, 7) is 2.96. The molecule has 1 aromatic carbocycles. The molecule has 0 aliphatic carbocycles. The first-order valence-electron chi connectivity index (χ1n) is 6.52. The number of benzene rings is 1. The van der Waals surface area contributed by atoms with Crippen molar-refractivity contribution in [2.24, 2.45) is 0 Å². The van der Waals surface area contributed by atoms with Crippen LogP contribution in [0.3, 0.4) is 0 Å². The quantitative estimate of drug-likeness (QED) is 0.708. The lowest BCUT2D eigenvalue weighted by Gasteiger charge is -2.13. The fourth-order valence-corrected chi connectivity index (χ4v) is 2.26. The van der Waals surface area contributed by atoms with E-state index in [2.05, 4.69) is 5.32 Å². The van der Waals surface area contributed by atoms with Crippen LogP contribution in [0.15, 0.2) is 18.2 Å². The predicted molar refractivity (Wildman–Crippen MR) is 82.6 cm³/mol. The van der Waals surface area contributed by atoms with E-state index >= 15 is 0 Å². The van der Waals surface area contributed by atoms with Crippen LogP contribution in [0.2, 0.25) is 0 Å². The largest absolute Gasteiger partial charge is 0.493 e. The van der Waals surface area contributed by atoms with E-state index in [1.807, 2.05) is 13.0 Å². The van der Waals surface area contributed by atoms with Crippen molar-refractivity contribution >= 4 is 21.4 Å². The second-order valence-electron chi connectivity index (χ2n) is 4.66. The molecule has 0 saturated carbocycles. The van der Waals surface area contributed by atoms with Gasteiger partial charge in [-0.3, -0.25) is 0 Å². The molecule has 0 aliphatic heterocycles. The van der Waals surface area contributed by atoms with Crippen molar-refractivity contribution in [1.82, 2.24) is 4.31 Å². The Hall–Kier alpha value is -1.47. The summed E-state index contributed by atoms with van der Waals surface area (Å²) in [4.78, 5) is 0. The summed E-state index contributed by atoms with van der Waals surface area (Å²) in [7, 11) is -0.154. The molecule has 3 N–H and O–H groups in total. The van der Waals surface area contributed by atoms with Crippen LogP contribution in [0.4, 0.5) is 11.4 Å². The minimum atomic E-state index is -3.19. The third-order valence-corrected chi connectivity index (χ3v) is 4.48. The Morgan fingerprint density at radius 2 is 2.00 bits per heavy atom. The van der Waals surface area contributed by atoms with Crippen LogP contribution in [0.5, 0.6) is 5.75 Å². The highest BCUT2D eigenvalue weighted by Gasteiger charge is 2.12. The van der Waals surface area contributed by atoms with Crippen molar-refractivity contribution in [2.45, 2.75) is 13.3 Å². The molecule has 0 saturated heterocycles. The van der Waals surface area contributed by atoms with Crippen LogP contribution in [-0.4, -0.2) is 45.7 Å². The highest BCUT2D eigenvalue weighted by atomic mass is 32.2. The molecule has 7 heteroatoms. The van der Waals surface area contributed by atoms with Gasteiger partial charge in [0.1, 0.15) is 5.75 Å². The van der Waals surface area contributed by atoms with Gasteiger partial charge in [-0.05, 0) is 12.5 Å². The van der Waals surface area contributed by atoms with Gasteiger partial charge < -0.3 is 15.8 Å². The number of rotatable bonds is 8. The molecule has 0 radical (unpaired) electrons. The minimum Gasteiger partial charge on any atom is -0.493 e. The zero-order chi connectivity index (χ0) is 15.2. The van der Waals surface area contributed by atoms with Gasteiger partial charge in [0.15, 0.2) is 0 Å². The highest BCUT2D eigenvalue weighted by Crippen LogP contribution is 2.22. The fraction of sp³-hybridized carbons (Fsp3) is 0.538. The smallest absolute Gasteiger partial charge is 0.215 e. The number of sulfonamides is 1. The van der Waals surface area contributed by atoms with Crippen molar-refractivity contribution in [3.63, 3.8) is 0 Å². The molecule has 0 aromatic heterocycles. The zero-order valence-corrected chi connectivity index (χ0v) is 13.0. The molecule has 0 bridgehead atoms. The normalized spacial score (nSPS) is 11.6. The molecule has 0 amide bonds. The molecule has 0 fully saturated rings. The molecule has 114 valence electrons. The molecule has 20 heavy (non-hydrogen) atoms. The number of nitrogens with two attached hydrogens (primary N) is 1. The van der Waals surface area contributed by atoms with Gasteiger partial charge in [0.25, 0.3) is 0 Å². The van der Waals surface area contributed by atoms with E-state index < -0.39 is 10.0 Å². The molecule has 0 atom stereocenters. The topological polar surface area (TPSA) is 84.7 Å². The van der Waals surface area contributed by atoms with Crippen molar-refractivity contribution in [2.75, 3.05) is 44.1 Å². The predicted octanol–water partition coefficient (Wildman–Crippen LogP) is 1.36. The second kappa shape index (κ2) is 7.35. The van der Waals surface area contributed by atoms with Crippen molar-refractivity contribution in [3.8, 4) is 5.75 Å². The highest BCUT2D eigenvalue weighted by molar-refractivity contribution is 7.89. The first-order chi connectivity index (χ1) is 9.35. The van der Waals surface area contributed by atoms with Gasteiger partial charge in [-0.2, -0.15) is 0 Å². The van der Waals surface area contributed by atoms with Crippen LogP contribution >= 0.6 is 0 Å². The first kappa shape index (κ1) is 16.6. The average Bonchev–Trinajstić information content (AvgIpc) is 2.35. The van der Waals surface area contributed by atoms with Crippen LogP contribution < -0.4 is 15.8 Å². The van der Waals surface area contributed by atoms with Crippen LogP contribution in [0, 0.1) is 0 Å². The maximum atomic E-state index is 11.6. The molecule has 1 aromatic rings. The molecule has 0 heterocycles. The van der Waals surface area contributed by atoms with Gasteiger partial charge in [0, 0.05) is 44.1 Å².